The monoisotopic (exact) mass is 364 g/mol. The summed E-state index contributed by atoms with van der Waals surface area (Å²) in [5.74, 6) is 1.13. The maximum Gasteiger partial charge on any atom is 0.245 e. The van der Waals surface area contributed by atoms with Crippen LogP contribution in [-0.2, 0) is 16.6 Å². The van der Waals surface area contributed by atoms with Crippen molar-refractivity contribution in [3.05, 3.63) is 16.5 Å². The molecule has 0 aromatic carbocycles. The van der Waals surface area contributed by atoms with Crippen molar-refractivity contribution in [2.24, 2.45) is 11.7 Å². The molecular formula is C13H21BrN2O3S. The Balaban J connectivity index is 2.12. The molecule has 0 amide bonds. The fourth-order valence-electron chi connectivity index (χ4n) is 2.57. The van der Waals surface area contributed by atoms with E-state index in [0.717, 1.165) is 25.7 Å². The minimum atomic E-state index is -3.56. The molecule has 0 radical (unpaired) electrons. The molecule has 2 atom stereocenters. The van der Waals surface area contributed by atoms with Gasteiger partial charge in [0.05, 0.1) is 6.54 Å². The second-order valence-corrected chi connectivity index (χ2v) is 7.89. The Morgan fingerprint density at radius 3 is 2.80 bits per heavy atom. The van der Waals surface area contributed by atoms with Gasteiger partial charge < -0.3 is 10.2 Å². The summed E-state index contributed by atoms with van der Waals surface area (Å²) in [7, 11) is -3.56. The largest absolute Gasteiger partial charge is 0.452 e. The molecule has 1 saturated carbocycles. The highest BCUT2D eigenvalue weighted by atomic mass is 79.9. The first-order valence-corrected chi connectivity index (χ1v) is 9.20. The average Bonchev–Trinajstić information content (AvgIpc) is 2.66. The van der Waals surface area contributed by atoms with Gasteiger partial charge in [0, 0.05) is 12.1 Å². The van der Waals surface area contributed by atoms with E-state index in [1.807, 2.05) is 0 Å². The predicted octanol–water partition coefficient (Wildman–Crippen LogP) is 2.75. The van der Waals surface area contributed by atoms with Gasteiger partial charge in [-0.05, 0) is 41.1 Å². The van der Waals surface area contributed by atoms with Gasteiger partial charge in [-0.1, -0.05) is 19.8 Å². The SMILES string of the molecule is CC1CCCC(NS(=O)(=O)c2cc(CN)oc2Br)CC1. The van der Waals surface area contributed by atoms with Crippen LogP contribution in [0.4, 0.5) is 0 Å². The van der Waals surface area contributed by atoms with Crippen LogP contribution in [0.1, 0.15) is 44.8 Å². The van der Waals surface area contributed by atoms with Crippen molar-refractivity contribution in [2.75, 3.05) is 0 Å². The van der Waals surface area contributed by atoms with E-state index in [0.29, 0.717) is 11.7 Å². The van der Waals surface area contributed by atoms with Crippen molar-refractivity contribution in [1.29, 1.82) is 0 Å². The van der Waals surface area contributed by atoms with Gasteiger partial charge in [0.25, 0.3) is 0 Å². The first-order chi connectivity index (χ1) is 9.42. The number of sulfonamides is 1. The summed E-state index contributed by atoms with van der Waals surface area (Å²) >= 11 is 3.14. The van der Waals surface area contributed by atoms with Gasteiger partial charge in [-0.3, -0.25) is 0 Å². The van der Waals surface area contributed by atoms with Crippen LogP contribution in [0.25, 0.3) is 0 Å². The van der Waals surface area contributed by atoms with Crippen LogP contribution in [0, 0.1) is 5.92 Å². The van der Waals surface area contributed by atoms with Crippen LogP contribution < -0.4 is 10.5 Å². The molecule has 1 aromatic heterocycles. The van der Waals surface area contributed by atoms with Crippen molar-refractivity contribution in [2.45, 2.75) is 56.5 Å². The molecule has 114 valence electrons. The Labute approximate surface area is 128 Å². The molecule has 20 heavy (non-hydrogen) atoms. The van der Waals surface area contributed by atoms with Gasteiger partial charge in [-0.15, -0.1) is 0 Å². The van der Waals surface area contributed by atoms with Crippen LogP contribution in [0.2, 0.25) is 0 Å². The van der Waals surface area contributed by atoms with Crippen LogP contribution in [-0.4, -0.2) is 14.5 Å². The highest BCUT2D eigenvalue weighted by Crippen LogP contribution is 2.28. The zero-order valence-corrected chi connectivity index (χ0v) is 14.0. The van der Waals surface area contributed by atoms with Crippen LogP contribution in [0.3, 0.4) is 0 Å². The predicted molar refractivity (Wildman–Crippen MR) is 80.7 cm³/mol. The van der Waals surface area contributed by atoms with Gasteiger partial charge in [0.15, 0.2) is 4.67 Å². The minimum Gasteiger partial charge on any atom is -0.452 e. The lowest BCUT2D eigenvalue weighted by molar-refractivity contribution is 0.476. The Bertz CT molecular complexity index is 556. The smallest absolute Gasteiger partial charge is 0.245 e. The third-order valence-corrected chi connectivity index (χ3v) is 6.15. The third-order valence-electron chi connectivity index (χ3n) is 3.78. The highest BCUT2D eigenvalue weighted by molar-refractivity contribution is 9.10. The van der Waals surface area contributed by atoms with E-state index in [1.54, 1.807) is 0 Å². The van der Waals surface area contributed by atoms with Crippen molar-refractivity contribution in [3.63, 3.8) is 0 Å². The summed E-state index contributed by atoms with van der Waals surface area (Å²) < 4.78 is 33.1. The van der Waals surface area contributed by atoms with E-state index in [-0.39, 0.29) is 22.2 Å². The lowest BCUT2D eigenvalue weighted by Gasteiger charge is -2.15. The molecule has 2 unspecified atom stereocenters. The molecular weight excluding hydrogens is 344 g/mol. The van der Waals surface area contributed by atoms with Crippen LogP contribution in [0.15, 0.2) is 20.0 Å². The van der Waals surface area contributed by atoms with E-state index in [4.69, 9.17) is 10.2 Å². The van der Waals surface area contributed by atoms with Crippen LogP contribution >= 0.6 is 15.9 Å². The number of nitrogens with two attached hydrogens (primary N) is 1. The van der Waals surface area contributed by atoms with Crippen molar-refractivity contribution >= 4 is 26.0 Å². The van der Waals surface area contributed by atoms with Crippen LogP contribution in [0.5, 0.6) is 0 Å². The van der Waals surface area contributed by atoms with Gasteiger partial charge >= 0.3 is 0 Å². The standard InChI is InChI=1S/C13H21BrN2O3S/c1-9-3-2-4-10(6-5-9)16-20(17,18)12-7-11(8-15)19-13(12)14/h7,9-10,16H,2-6,8,15H2,1H3. The van der Waals surface area contributed by atoms with E-state index >= 15 is 0 Å². The summed E-state index contributed by atoms with van der Waals surface area (Å²) in [5, 5.41) is 0. The molecule has 1 heterocycles. The average molecular weight is 365 g/mol. The third kappa shape index (κ3) is 3.84. The second-order valence-electron chi connectivity index (χ2n) is 5.49. The van der Waals surface area contributed by atoms with E-state index in [1.165, 1.54) is 12.5 Å². The quantitative estimate of drug-likeness (QED) is 0.804. The molecule has 0 aliphatic heterocycles. The van der Waals surface area contributed by atoms with Crippen molar-refractivity contribution in [1.82, 2.24) is 4.72 Å². The summed E-state index contributed by atoms with van der Waals surface area (Å²) in [6, 6.07) is 1.49. The number of hydrogen-bond donors (Lipinski definition) is 2. The molecule has 5 nitrogen and oxygen atoms in total. The van der Waals surface area contributed by atoms with Gasteiger partial charge in [0.1, 0.15) is 10.7 Å². The van der Waals surface area contributed by atoms with Crippen molar-refractivity contribution in [3.8, 4) is 0 Å². The first kappa shape index (κ1) is 16.0. The molecule has 0 bridgehead atoms. The Morgan fingerprint density at radius 1 is 1.40 bits per heavy atom. The number of halogens is 1. The first-order valence-electron chi connectivity index (χ1n) is 6.93. The number of nitrogens with one attached hydrogen (secondary N) is 1. The van der Waals surface area contributed by atoms with E-state index in [9.17, 15) is 8.42 Å². The summed E-state index contributed by atoms with van der Waals surface area (Å²) in [6.45, 7) is 2.39. The molecule has 7 heteroatoms. The van der Waals surface area contributed by atoms with Crippen molar-refractivity contribution < 1.29 is 12.8 Å². The normalized spacial score (nSPS) is 24.6. The summed E-state index contributed by atoms with van der Waals surface area (Å²) in [6.07, 6.45) is 5.08. The number of furan rings is 1. The second kappa shape index (κ2) is 6.60. The molecule has 3 N–H and O–H groups in total. The summed E-state index contributed by atoms with van der Waals surface area (Å²) in [4.78, 5) is 0.134. The molecule has 1 aliphatic carbocycles. The maximum absolute atomic E-state index is 12.4. The highest BCUT2D eigenvalue weighted by Gasteiger charge is 2.26. The molecule has 2 rings (SSSR count). The lowest BCUT2D eigenvalue weighted by atomic mass is 10.0. The zero-order chi connectivity index (χ0) is 14.8. The van der Waals surface area contributed by atoms with Gasteiger partial charge in [0.2, 0.25) is 10.0 Å². The molecule has 1 fully saturated rings. The Morgan fingerprint density at radius 2 is 2.15 bits per heavy atom. The molecule has 0 spiro atoms. The zero-order valence-electron chi connectivity index (χ0n) is 11.6. The summed E-state index contributed by atoms with van der Waals surface area (Å²) in [5.41, 5.74) is 5.47. The molecule has 1 aliphatic rings. The molecule has 0 saturated heterocycles. The number of rotatable bonds is 4. The Kier molecular flexibility index (Phi) is 5.28. The van der Waals surface area contributed by atoms with Gasteiger partial charge in [-0.25, -0.2) is 13.1 Å². The molecule has 1 aromatic rings. The number of hydrogen-bond acceptors (Lipinski definition) is 4. The lowest BCUT2D eigenvalue weighted by Crippen LogP contribution is -2.34. The Hall–Kier alpha value is -0.370. The van der Waals surface area contributed by atoms with Gasteiger partial charge in [-0.2, -0.15) is 0 Å². The maximum atomic E-state index is 12.4. The minimum absolute atomic E-state index is 0.00748. The van der Waals surface area contributed by atoms with E-state index < -0.39 is 10.0 Å². The topological polar surface area (TPSA) is 85.3 Å². The fourth-order valence-corrected chi connectivity index (χ4v) is 4.87. The fraction of sp³-hybridized carbons (Fsp3) is 0.692. The van der Waals surface area contributed by atoms with E-state index in [2.05, 4.69) is 27.6 Å².